The van der Waals surface area contributed by atoms with Crippen LogP contribution in [0, 0.1) is 0 Å². The van der Waals surface area contributed by atoms with Crippen LogP contribution in [0.1, 0.15) is 6.42 Å². The van der Waals surface area contributed by atoms with Crippen molar-refractivity contribution in [3.05, 3.63) is 10.4 Å². The molecule has 0 aromatic heterocycles. The van der Waals surface area contributed by atoms with E-state index in [1.165, 1.54) is 0 Å². The Morgan fingerprint density at radius 2 is 2.54 bits per heavy atom. The SMILES string of the molecule is [N-]=[N+]=N[C@@H]1CCOC[C@@H]1OC(N)=O. The molecule has 1 aliphatic rings. The smallest absolute Gasteiger partial charge is 0.404 e. The minimum Gasteiger partial charge on any atom is -0.443 e. The fourth-order valence-corrected chi connectivity index (χ4v) is 1.16. The molecule has 7 nitrogen and oxygen atoms in total. The van der Waals surface area contributed by atoms with Gasteiger partial charge in [-0.25, -0.2) is 4.79 Å². The normalized spacial score (nSPS) is 27.4. The van der Waals surface area contributed by atoms with Crippen LogP contribution in [0.15, 0.2) is 5.11 Å². The Labute approximate surface area is 74.4 Å². The van der Waals surface area contributed by atoms with Gasteiger partial charge >= 0.3 is 6.09 Å². The second-order valence-corrected chi connectivity index (χ2v) is 2.61. The van der Waals surface area contributed by atoms with Crippen LogP contribution in [-0.4, -0.2) is 31.5 Å². The molecule has 1 heterocycles. The second kappa shape index (κ2) is 4.54. The Bertz CT molecular complexity index is 238. The minimum atomic E-state index is -0.881. The number of nitrogens with two attached hydrogens (primary N) is 1. The maximum Gasteiger partial charge on any atom is 0.404 e. The first-order valence-corrected chi connectivity index (χ1v) is 3.82. The van der Waals surface area contributed by atoms with Crippen molar-refractivity contribution in [1.82, 2.24) is 0 Å². The molecule has 1 fully saturated rings. The Morgan fingerprint density at radius 3 is 3.15 bits per heavy atom. The lowest BCUT2D eigenvalue weighted by Gasteiger charge is -2.26. The summed E-state index contributed by atoms with van der Waals surface area (Å²) in [5.41, 5.74) is 13.0. The Hall–Kier alpha value is -1.46. The molecule has 1 rings (SSSR count). The predicted molar refractivity (Wildman–Crippen MR) is 42.8 cm³/mol. The van der Waals surface area contributed by atoms with Gasteiger partial charge in [0.2, 0.25) is 0 Å². The van der Waals surface area contributed by atoms with Gasteiger partial charge in [0.25, 0.3) is 0 Å². The maximum atomic E-state index is 10.4. The fourth-order valence-electron chi connectivity index (χ4n) is 1.16. The minimum absolute atomic E-state index is 0.229. The molecule has 0 spiro atoms. The van der Waals surface area contributed by atoms with E-state index in [0.717, 1.165) is 0 Å². The summed E-state index contributed by atoms with van der Waals surface area (Å²) in [5.74, 6) is 0. The highest BCUT2D eigenvalue weighted by atomic mass is 16.6. The van der Waals surface area contributed by atoms with Crippen LogP contribution >= 0.6 is 0 Å². The number of nitrogens with zero attached hydrogens (tertiary/aromatic N) is 3. The molecule has 0 aromatic carbocycles. The van der Waals surface area contributed by atoms with Crippen molar-refractivity contribution in [2.45, 2.75) is 18.6 Å². The van der Waals surface area contributed by atoms with E-state index in [0.29, 0.717) is 13.0 Å². The third-order valence-corrected chi connectivity index (χ3v) is 1.74. The van der Waals surface area contributed by atoms with Crippen molar-refractivity contribution in [3.63, 3.8) is 0 Å². The summed E-state index contributed by atoms with van der Waals surface area (Å²) in [6, 6.07) is -0.369. The number of azide groups is 1. The van der Waals surface area contributed by atoms with Crippen molar-refractivity contribution >= 4 is 6.09 Å². The molecule has 1 aliphatic heterocycles. The standard InChI is InChI=1S/C6H10N4O3/c7-6(11)13-5-3-12-2-1-4(5)9-10-8/h4-5H,1-3H2,(H2,7,11)/t4-,5+/m1/s1. The lowest BCUT2D eigenvalue weighted by molar-refractivity contribution is -0.0253. The molecule has 0 bridgehead atoms. The molecule has 7 heteroatoms. The molecule has 13 heavy (non-hydrogen) atoms. The van der Waals surface area contributed by atoms with Gasteiger partial charge in [-0.05, 0) is 12.0 Å². The van der Waals surface area contributed by atoms with Crippen LogP contribution in [0.25, 0.3) is 10.4 Å². The molecule has 0 unspecified atom stereocenters. The van der Waals surface area contributed by atoms with Crippen LogP contribution in [0.3, 0.4) is 0 Å². The average Bonchev–Trinajstić information content (AvgIpc) is 2.08. The lowest BCUT2D eigenvalue weighted by atomic mass is 10.1. The summed E-state index contributed by atoms with van der Waals surface area (Å²) in [6.07, 6.45) is -0.891. The lowest BCUT2D eigenvalue weighted by Crippen LogP contribution is -2.40. The first-order chi connectivity index (χ1) is 6.24. The van der Waals surface area contributed by atoms with Crippen LogP contribution in [0.4, 0.5) is 4.79 Å². The highest BCUT2D eigenvalue weighted by molar-refractivity contribution is 5.64. The van der Waals surface area contributed by atoms with Gasteiger partial charge in [0.15, 0.2) is 0 Å². The largest absolute Gasteiger partial charge is 0.443 e. The predicted octanol–water partition coefficient (Wildman–Crippen LogP) is 0.550. The summed E-state index contributed by atoms with van der Waals surface area (Å²) in [4.78, 5) is 13.1. The molecule has 0 saturated carbocycles. The van der Waals surface area contributed by atoms with Gasteiger partial charge in [-0.2, -0.15) is 0 Å². The Balaban J connectivity index is 2.55. The second-order valence-electron chi connectivity index (χ2n) is 2.61. The maximum absolute atomic E-state index is 10.4. The first-order valence-electron chi connectivity index (χ1n) is 3.82. The van der Waals surface area contributed by atoms with Crippen molar-refractivity contribution in [3.8, 4) is 0 Å². The Kier molecular flexibility index (Phi) is 3.36. The highest BCUT2D eigenvalue weighted by Gasteiger charge is 2.27. The number of rotatable bonds is 2. The molecule has 1 amide bonds. The first kappa shape index (κ1) is 9.63. The van der Waals surface area contributed by atoms with Crippen molar-refractivity contribution in [2.75, 3.05) is 13.2 Å². The topological polar surface area (TPSA) is 110 Å². The van der Waals surface area contributed by atoms with Gasteiger partial charge in [0, 0.05) is 11.5 Å². The third kappa shape index (κ3) is 2.81. The monoisotopic (exact) mass is 186 g/mol. The van der Waals surface area contributed by atoms with Crippen LogP contribution < -0.4 is 5.73 Å². The molecular formula is C6H10N4O3. The van der Waals surface area contributed by atoms with E-state index in [4.69, 9.17) is 20.7 Å². The number of hydrogen-bond donors (Lipinski definition) is 1. The van der Waals surface area contributed by atoms with E-state index >= 15 is 0 Å². The number of amides is 1. The zero-order chi connectivity index (χ0) is 9.68. The molecule has 2 N–H and O–H groups in total. The number of carbonyl (C=O) groups is 1. The van der Waals surface area contributed by atoms with Crippen molar-refractivity contribution in [2.24, 2.45) is 10.8 Å². The van der Waals surface area contributed by atoms with E-state index in [1.54, 1.807) is 0 Å². The van der Waals surface area contributed by atoms with E-state index in [1.807, 2.05) is 0 Å². The summed E-state index contributed by atoms with van der Waals surface area (Å²) < 4.78 is 9.75. The van der Waals surface area contributed by atoms with Gasteiger partial charge in [-0.15, -0.1) is 0 Å². The number of primary amides is 1. The van der Waals surface area contributed by atoms with Crippen LogP contribution in [0.5, 0.6) is 0 Å². The number of carbonyl (C=O) groups excluding carboxylic acids is 1. The quantitative estimate of drug-likeness (QED) is 0.386. The Morgan fingerprint density at radius 1 is 1.77 bits per heavy atom. The summed E-state index contributed by atoms with van der Waals surface area (Å²) >= 11 is 0. The van der Waals surface area contributed by atoms with Crippen molar-refractivity contribution < 1.29 is 14.3 Å². The number of ether oxygens (including phenoxy) is 2. The summed E-state index contributed by atoms with van der Waals surface area (Å²) in [7, 11) is 0. The molecule has 0 radical (unpaired) electrons. The summed E-state index contributed by atoms with van der Waals surface area (Å²) in [6.45, 7) is 0.731. The highest BCUT2D eigenvalue weighted by Crippen LogP contribution is 2.14. The molecule has 0 aliphatic carbocycles. The molecule has 1 saturated heterocycles. The van der Waals surface area contributed by atoms with Gasteiger partial charge < -0.3 is 15.2 Å². The van der Waals surface area contributed by atoms with Crippen LogP contribution in [0.2, 0.25) is 0 Å². The zero-order valence-corrected chi connectivity index (χ0v) is 6.92. The van der Waals surface area contributed by atoms with E-state index < -0.39 is 12.2 Å². The van der Waals surface area contributed by atoms with E-state index in [-0.39, 0.29) is 12.6 Å². The number of hydrogen-bond acceptors (Lipinski definition) is 4. The average molecular weight is 186 g/mol. The zero-order valence-electron chi connectivity index (χ0n) is 6.92. The van der Waals surface area contributed by atoms with E-state index in [2.05, 4.69) is 10.0 Å². The fraction of sp³-hybridized carbons (Fsp3) is 0.833. The van der Waals surface area contributed by atoms with Gasteiger partial charge in [0.1, 0.15) is 6.10 Å². The van der Waals surface area contributed by atoms with Gasteiger partial charge in [-0.3, -0.25) is 0 Å². The van der Waals surface area contributed by atoms with Crippen LogP contribution in [-0.2, 0) is 9.47 Å². The molecular weight excluding hydrogens is 176 g/mol. The van der Waals surface area contributed by atoms with Gasteiger partial charge in [-0.1, -0.05) is 5.11 Å². The molecule has 72 valence electrons. The van der Waals surface area contributed by atoms with E-state index in [9.17, 15) is 4.79 Å². The molecule has 0 aromatic rings. The summed E-state index contributed by atoms with van der Waals surface area (Å²) in [5, 5.41) is 3.49. The van der Waals surface area contributed by atoms with Crippen molar-refractivity contribution in [1.29, 1.82) is 0 Å². The molecule has 2 atom stereocenters. The third-order valence-electron chi connectivity index (χ3n) is 1.74. The van der Waals surface area contributed by atoms with Gasteiger partial charge in [0.05, 0.1) is 12.6 Å².